The van der Waals surface area contributed by atoms with Crippen molar-refractivity contribution in [3.8, 4) is 0 Å². The Morgan fingerprint density at radius 1 is 1.18 bits per heavy atom. The van der Waals surface area contributed by atoms with E-state index in [0.717, 1.165) is 36.1 Å². The first-order valence-corrected chi connectivity index (χ1v) is 7.99. The van der Waals surface area contributed by atoms with Gasteiger partial charge in [-0.1, -0.05) is 27.7 Å². The van der Waals surface area contributed by atoms with Crippen LogP contribution in [0, 0.1) is 0 Å². The third-order valence-electron chi connectivity index (χ3n) is 3.78. The Morgan fingerprint density at radius 3 is 2.45 bits per heavy atom. The lowest BCUT2D eigenvalue weighted by Crippen LogP contribution is -2.29. The highest BCUT2D eigenvalue weighted by molar-refractivity contribution is 5.52. The molecule has 0 saturated carbocycles. The molecule has 0 aliphatic heterocycles. The van der Waals surface area contributed by atoms with Gasteiger partial charge >= 0.3 is 0 Å². The van der Waals surface area contributed by atoms with Crippen molar-refractivity contribution in [2.24, 2.45) is 0 Å². The molecule has 0 saturated heterocycles. The maximum Gasteiger partial charge on any atom is 0.229 e. The molecule has 0 spiro atoms. The number of fused-ring (bicyclic) bond motifs is 1. The van der Waals surface area contributed by atoms with Crippen LogP contribution in [0.5, 0.6) is 0 Å². The molecule has 6 nitrogen and oxygen atoms in total. The Labute approximate surface area is 132 Å². The van der Waals surface area contributed by atoms with Gasteiger partial charge in [-0.05, 0) is 12.8 Å². The number of rotatable bonds is 7. The summed E-state index contributed by atoms with van der Waals surface area (Å²) in [5.74, 6) is 2.38. The molecule has 0 bridgehead atoms. The Kier molecular flexibility index (Phi) is 5.34. The van der Waals surface area contributed by atoms with Gasteiger partial charge in [-0.25, -0.2) is 4.52 Å². The Morgan fingerprint density at radius 2 is 1.91 bits per heavy atom. The average molecular weight is 305 g/mol. The zero-order valence-corrected chi connectivity index (χ0v) is 14.5. The molecule has 0 aliphatic carbocycles. The molecule has 0 atom stereocenters. The SMILES string of the molecule is CCN(CCOC)c1nc(C(C)C)n2ncc(C(C)C)c2n1. The van der Waals surface area contributed by atoms with Gasteiger partial charge in [0.25, 0.3) is 0 Å². The lowest BCUT2D eigenvalue weighted by Gasteiger charge is -2.22. The van der Waals surface area contributed by atoms with Crippen LogP contribution in [0.25, 0.3) is 5.65 Å². The topological polar surface area (TPSA) is 55.5 Å². The molecule has 2 aromatic rings. The van der Waals surface area contributed by atoms with E-state index in [9.17, 15) is 0 Å². The van der Waals surface area contributed by atoms with E-state index in [1.54, 1.807) is 7.11 Å². The van der Waals surface area contributed by atoms with Crippen LogP contribution in [0.2, 0.25) is 0 Å². The van der Waals surface area contributed by atoms with Crippen LogP contribution in [0.1, 0.15) is 57.8 Å². The molecule has 22 heavy (non-hydrogen) atoms. The maximum atomic E-state index is 5.19. The summed E-state index contributed by atoms with van der Waals surface area (Å²) in [5, 5.41) is 4.50. The molecule has 0 radical (unpaired) electrons. The van der Waals surface area contributed by atoms with Crippen molar-refractivity contribution in [1.29, 1.82) is 0 Å². The first-order valence-electron chi connectivity index (χ1n) is 7.99. The standard InChI is InChI=1S/C16H27N5O/c1-7-20(8-9-22-6)16-18-14(12(4)5)21-15(19-16)13(10-17-21)11(2)3/h10-12H,7-9H2,1-6H3. The minimum Gasteiger partial charge on any atom is -0.383 e. The van der Waals surface area contributed by atoms with Gasteiger partial charge in [0.1, 0.15) is 5.82 Å². The Hall–Kier alpha value is -1.69. The van der Waals surface area contributed by atoms with Crippen molar-refractivity contribution in [2.75, 3.05) is 31.7 Å². The molecule has 0 amide bonds. The van der Waals surface area contributed by atoms with E-state index in [-0.39, 0.29) is 5.92 Å². The number of hydrogen-bond acceptors (Lipinski definition) is 5. The zero-order valence-electron chi connectivity index (χ0n) is 14.5. The van der Waals surface area contributed by atoms with Crippen LogP contribution in [-0.2, 0) is 4.74 Å². The van der Waals surface area contributed by atoms with Gasteiger partial charge in [0.05, 0.1) is 12.8 Å². The highest BCUT2D eigenvalue weighted by Gasteiger charge is 2.19. The molecule has 0 aromatic carbocycles. The van der Waals surface area contributed by atoms with E-state index in [4.69, 9.17) is 14.7 Å². The van der Waals surface area contributed by atoms with Gasteiger partial charge in [0.2, 0.25) is 5.95 Å². The fraction of sp³-hybridized carbons (Fsp3) is 0.688. The third-order valence-corrected chi connectivity index (χ3v) is 3.78. The molecule has 0 aliphatic rings. The minimum atomic E-state index is 0.283. The normalized spacial score (nSPS) is 11.8. The monoisotopic (exact) mass is 305 g/mol. The van der Waals surface area contributed by atoms with E-state index < -0.39 is 0 Å². The molecule has 122 valence electrons. The van der Waals surface area contributed by atoms with E-state index in [2.05, 4.69) is 44.6 Å². The number of methoxy groups -OCH3 is 1. The lowest BCUT2D eigenvalue weighted by molar-refractivity contribution is 0.205. The Balaban J connectivity index is 2.56. The number of hydrogen-bond donors (Lipinski definition) is 0. The van der Waals surface area contributed by atoms with Crippen molar-refractivity contribution in [3.63, 3.8) is 0 Å². The minimum absolute atomic E-state index is 0.283. The van der Waals surface area contributed by atoms with Crippen molar-refractivity contribution in [1.82, 2.24) is 19.6 Å². The van der Waals surface area contributed by atoms with Gasteiger partial charge < -0.3 is 9.64 Å². The van der Waals surface area contributed by atoms with Crippen molar-refractivity contribution < 1.29 is 4.74 Å². The fourth-order valence-electron chi connectivity index (χ4n) is 2.43. The summed E-state index contributed by atoms with van der Waals surface area (Å²) in [6.07, 6.45) is 1.91. The largest absolute Gasteiger partial charge is 0.383 e. The average Bonchev–Trinajstić information content (AvgIpc) is 2.91. The second-order valence-corrected chi connectivity index (χ2v) is 6.10. The van der Waals surface area contributed by atoms with Gasteiger partial charge in [0.15, 0.2) is 5.65 Å². The van der Waals surface area contributed by atoms with Crippen LogP contribution in [0.15, 0.2) is 6.20 Å². The zero-order chi connectivity index (χ0) is 16.3. The summed E-state index contributed by atoms with van der Waals surface area (Å²) < 4.78 is 7.08. The summed E-state index contributed by atoms with van der Waals surface area (Å²) in [7, 11) is 1.71. The predicted octanol–water partition coefficient (Wildman–Crippen LogP) is 2.84. The quantitative estimate of drug-likeness (QED) is 0.787. The fourth-order valence-corrected chi connectivity index (χ4v) is 2.43. The molecular weight excluding hydrogens is 278 g/mol. The molecule has 6 heteroatoms. The second-order valence-electron chi connectivity index (χ2n) is 6.10. The number of nitrogens with zero attached hydrogens (tertiary/aromatic N) is 5. The van der Waals surface area contributed by atoms with Crippen LogP contribution in [0.4, 0.5) is 5.95 Å². The third kappa shape index (κ3) is 3.21. The van der Waals surface area contributed by atoms with Crippen LogP contribution in [0.3, 0.4) is 0 Å². The predicted molar refractivity (Wildman–Crippen MR) is 88.7 cm³/mol. The summed E-state index contributed by atoms with van der Waals surface area (Å²) in [5.41, 5.74) is 2.08. The molecule has 0 unspecified atom stereocenters. The van der Waals surface area contributed by atoms with E-state index in [0.29, 0.717) is 12.5 Å². The summed E-state index contributed by atoms with van der Waals surface area (Å²) >= 11 is 0. The van der Waals surface area contributed by atoms with Crippen LogP contribution in [-0.4, -0.2) is 46.4 Å². The van der Waals surface area contributed by atoms with E-state index in [1.807, 2.05) is 10.7 Å². The van der Waals surface area contributed by atoms with Gasteiger partial charge in [-0.3, -0.25) is 0 Å². The van der Waals surface area contributed by atoms with Gasteiger partial charge in [-0.15, -0.1) is 0 Å². The number of anilines is 1. The highest BCUT2D eigenvalue weighted by atomic mass is 16.5. The Bertz CT molecular complexity index is 620. The molecule has 0 N–H and O–H groups in total. The summed E-state index contributed by atoms with van der Waals surface area (Å²) in [6, 6.07) is 0. The van der Waals surface area contributed by atoms with Crippen LogP contribution >= 0.6 is 0 Å². The van der Waals surface area contributed by atoms with Gasteiger partial charge in [0, 0.05) is 31.7 Å². The number of ether oxygens (including phenoxy) is 1. The van der Waals surface area contributed by atoms with Gasteiger partial charge in [-0.2, -0.15) is 15.1 Å². The maximum absolute atomic E-state index is 5.19. The molecule has 0 fully saturated rings. The molecule has 2 rings (SSSR count). The second kappa shape index (κ2) is 7.05. The van der Waals surface area contributed by atoms with E-state index in [1.165, 1.54) is 0 Å². The van der Waals surface area contributed by atoms with Crippen molar-refractivity contribution in [2.45, 2.75) is 46.5 Å². The molecule has 2 aromatic heterocycles. The van der Waals surface area contributed by atoms with Crippen LogP contribution < -0.4 is 4.90 Å². The first kappa shape index (κ1) is 16.7. The lowest BCUT2D eigenvalue weighted by atomic mass is 10.1. The van der Waals surface area contributed by atoms with Crippen molar-refractivity contribution >= 4 is 11.6 Å². The van der Waals surface area contributed by atoms with Crippen molar-refractivity contribution in [3.05, 3.63) is 17.6 Å². The summed E-state index contributed by atoms with van der Waals surface area (Å²) in [4.78, 5) is 11.7. The molecular formula is C16H27N5O. The summed E-state index contributed by atoms with van der Waals surface area (Å²) in [6.45, 7) is 13.0. The highest BCUT2D eigenvalue weighted by Crippen LogP contribution is 2.24. The number of likely N-dealkylation sites (N-methyl/N-ethyl adjacent to an activating group) is 1. The number of aromatic nitrogens is 4. The smallest absolute Gasteiger partial charge is 0.229 e. The molecule has 2 heterocycles. The van der Waals surface area contributed by atoms with E-state index >= 15 is 0 Å². The first-order chi connectivity index (χ1) is 10.5.